The van der Waals surface area contributed by atoms with Crippen molar-refractivity contribution in [2.24, 2.45) is 0 Å². The molecule has 134 valence electrons. The summed E-state index contributed by atoms with van der Waals surface area (Å²) in [5.41, 5.74) is 8.68. The highest BCUT2D eigenvalue weighted by molar-refractivity contribution is 7.71. The van der Waals surface area contributed by atoms with Gasteiger partial charge in [0, 0.05) is 6.20 Å². The normalized spacial score (nSPS) is 12.0. The molecule has 3 aromatic rings. The summed E-state index contributed by atoms with van der Waals surface area (Å²) in [6, 6.07) is 5.75. The molecule has 0 spiro atoms. The van der Waals surface area contributed by atoms with Crippen molar-refractivity contribution in [1.82, 2.24) is 14.5 Å². The van der Waals surface area contributed by atoms with Gasteiger partial charge in [-0.3, -0.25) is 0 Å². The Morgan fingerprint density at radius 3 is 2.64 bits per heavy atom. The summed E-state index contributed by atoms with van der Waals surface area (Å²) in [5, 5.41) is 1.64. The Balaban J connectivity index is 0.00000225. The largest absolute Gasteiger partial charge is 0.375 e. The number of benzene rings is 1. The van der Waals surface area contributed by atoms with E-state index in [1.54, 1.807) is 0 Å². The smallest absolute Gasteiger partial charge is 0.180 e. The summed E-state index contributed by atoms with van der Waals surface area (Å²) in [5.74, 6) is 0. The van der Waals surface area contributed by atoms with E-state index < -0.39 is 0 Å². The van der Waals surface area contributed by atoms with Crippen molar-refractivity contribution in [3.05, 3.63) is 50.5 Å². The number of imidazole rings is 1. The number of nitrogens with zero attached hydrogens (tertiary/aromatic N) is 2. The molecular weight excluding hydrogens is 419 g/mol. The lowest BCUT2D eigenvalue weighted by molar-refractivity contribution is 0.560. The van der Waals surface area contributed by atoms with Gasteiger partial charge in [-0.25, -0.2) is 4.98 Å². The lowest BCUT2D eigenvalue weighted by Gasteiger charge is -2.17. The molecule has 0 fully saturated rings. The van der Waals surface area contributed by atoms with Crippen LogP contribution in [0.2, 0.25) is 10.0 Å². The van der Waals surface area contributed by atoms with E-state index in [0.29, 0.717) is 19.9 Å². The van der Waals surface area contributed by atoms with Crippen molar-refractivity contribution in [3.8, 4) is 10.6 Å². The first-order chi connectivity index (χ1) is 11.4. The van der Waals surface area contributed by atoms with Crippen LogP contribution in [0.3, 0.4) is 0 Å². The van der Waals surface area contributed by atoms with Crippen LogP contribution < -0.4 is 5.73 Å². The van der Waals surface area contributed by atoms with Gasteiger partial charge in [0.25, 0.3) is 0 Å². The number of nitrogens with one attached hydrogen (secondary N) is 1. The van der Waals surface area contributed by atoms with E-state index in [1.165, 1.54) is 11.3 Å². The molecule has 0 saturated carbocycles. The number of hydrogen-bond donors (Lipinski definition) is 2. The Labute approximate surface area is 171 Å². The highest BCUT2D eigenvalue weighted by atomic mass is 35.5. The van der Waals surface area contributed by atoms with Gasteiger partial charge in [-0.05, 0) is 43.3 Å². The number of aromatic amines is 1. The maximum atomic E-state index is 6.17. The predicted molar refractivity (Wildman–Crippen MR) is 112 cm³/mol. The molecule has 4 nitrogen and oxygen atoms in total. The van der Waals surface area contributed by atoms with Crippen molar-refractivity contribution < 1.29 is 0 Å². The maximum Gasteiger partial charge on any atom is 0.180 e. The summed E-state index contributed by atoms with van der Waals surface area (Å²) >= 11 is 19.2. The van der Waals surface area contributed by atoms with Crippen LogP contribution in [-0.2, 0) is 0 Å². The third-order valence-corrected chi connectivity index (χ3v) is 5.92. The van der Waals surface area contributed by atoms with E-state index in [9.17, 15) is 0 Å². The molecule has 0 aliphatic carbocycles. The van der Waals surface area contributed by atoms with Gasteiger partial charge in [0.2, 0.25) is 0 Å². The second-order valence-corrected chi connectivity index (χ2v) is 7.68. The second kappa shape index (κ2) is 8.10. The van der Waals surface area contributed by atoms with Gasteiger partial charge in [-0.2, -0.15) is 0 Å². The predicted octanol–water partition coefficient (Wildman–Crippen LogP) is 6.29. The number of hydrogen-bond acceptors (Lipinski definition) is 4. The molecule has 25 heavy (non-hydrogen) atoms. The fourth-order valence-corrected chi connectivity index (χ4v) is 4.13. The number of rotatable bonds is 4. The highest BCUT2D eigenvalue weighted by Gasteiger charge is 2.17. The van der Waals surface area contributed by atoms with Gasteiger partial charge in [0.1, 0.15) is 0 Å². The summed E-state index contributed by atoms with van der Waals surface area (Å²) in [6.07, 6.45) is 2.88. The first kappa shape index (κ1) is 20.3. The molecule has 2 heterocycles. The van der Waals surface area contributed by atoms with Gasteiger partial charge < -0.3 is 15.3 Å². The van der Waals surface area contributed by atoms with Crippen molar-refractivity contribution in [3.63, 3.8) is 0 Å². The minimum atomic E-state index is 0. The summed E-state index contributed by atoms with van der Waals surface area (Å²) in [7, 11) is 0. The van der Waals surface area contributed by atoms with E-state index in [0.717, 1.165) is 28.2 Å². The molecule has 0 aliphatic heterocycles. The van der Waals surface area contributed by atoms with E-state index in [2.05, 4.69) is 16.9 Å². The Bertz CT molecular complexity index is 945. The minimum Gasteiger partial charge on any atom is -0.375 e. The van der Waals surface area contributed by atoms with Gasteiger partial charge in [-0.15, -0.1) is 12.4 Å². The molecule has 0 saturated heterocycles. The van der Waals surface area contributed by atoms with Crippen molar-refractivity contribution in [1.29, 1.82) is 0 Å². The molecular formula is C16H17Cl3N4S2. The molecule has 0 bridgehead atoms. The van der Waals surface area contributed by atoms with Crippen LogP contribution >= 0.6 is 59.2 Å². The minimum absolute atomic E-state index is 0. The van der Waals surface area contributed by atoms with Crippen molar-refractivity contribution in [2.75, 3.05) is 5.73 Å². The van der Waals surface area contributed by atoms with Crippen molar-refractivity contribution in [2.45, 2.75) is 26.3 Å². The Morgan fingerprint density at radius 2 is 2.08 bits per heavy atom. The molecule has 0 radical (unpaired) electrons. The Hall–Kier alpha value is -1.05. The molecule has 3 rings (SSSR count). The lowest BCUT2D eigenvalue weighted by atomic mass is 10.0. The SMILES string of the molecule is CCC(c1ccc(Cl)c(Cl)c1)n1cc(-c2sc(N)nc2C)[nH]c1=S.Cl. The van der Waals surface area contributed by atoms with E-state index >= 15 is 0 Å². The molecule has 9 heteroatoms. The number of anilines is 1. The second-order valence-electron chi connectivity index (χ2n) is 5.44. The van der Waals surface area contributed by atoms with Crippen LogP contribution in [0.4, 0.5) is 5.13 Å². The van der Waals surface area contributed by atoms with Crippen LogP contribution in [0.25, 0.3) is 10.6 Å². The number of H-pyrrole nitrogens is 1. The van der Waals surface area contributed by atoms with Crippen molar-refractivity contribution >= 4 is 64.3 Å². The zero-order valence-corrected chi connectivity index (χ0v) is 17.5. The Kier molecular flexibility index (Phi) is 6.56. The standard InChI is InChI=1S/C16H16Cl2N4S2.ClH/c1-3-13(9-4-5-10(17)11(18)6-9)22-7-12(21-16(22)23)14-8(2)20-15(19)24-14;/h4-7,13H,3H2,1-2H3,(H2,19,20)(H,21,23);1H. The topological polar surface area (TPSA) is 59.6 Å². The maximum absolute atomic E-state index is 6.17. The first-order valence-corrected chi connectivity index (χ1v) is 9.38. The summed E-state index contributed by atoms with van der Waals surface area (Å²) in [4.78, 5) is 8.53. The quantitative estimate of drug-likeness (QED) is 0.473. The number of thiazole rings is 1. The van der Waals surface area contributed by atoms with Gasteiger partial charge in [-0.1, -0.05) is 47.5 Å². The van der Waals surface area contributed by atoms with Gasteiger partial charge in [0.05, 0.1) is 32.4 Å². The van der Waals surface area contributed by atoms with Crippen LogP contribution in [0.15, 0.2) is 24.4 Å². The monoisotopic (exact) mass is 434 g/mol. The fourth-order valence-electron chi connectivity index (χ4n) is 2.74. The number of aryl methyl sites for hydroxylation is 1. The summed E-state index contributed by atoms with van der Waals surface area (Å²) in [6.45, 7) is 4.05. The van der Waals surface area contributed by atoms with Crippen LogP contribution in [-0.4, -0.2) is 14.5 Å². The van der Waals surface area contributed by atoms with E-state index in [1.807, 2.05) is 35.9 Å². The molecule has 2 aromatic heterocycles. The highest BCUT2D eigenvalue weighted by Crippen LogP contribution is 2.33. The van der Waals surface area contributed by atoms with E-state index in [4.69, 9.17) is 41.2 Å². The van der Waals surface area contributed by atoms with E-state index in [-0.39, 0.29) is 18.4 Å². The molecule has 0 amide bonds. The first-order valence-electron chi connectivity index (χ1n) is 7.40. The number of nitrogen functional groups attached to an aromatic ring is 1. The number of aromatic nitrogens is 3. The number of halogens is 3. The fraction of sp³-hybridized carbons (Fsp3) is 0.250. The molecule has 3 N–H and O–H groups in total. The van der Waals surface area contributed by atoms with Crippen LogP contribution in [0.1, 0.15) is 30.6 Å². The lowest BCUT2D eigenvalue weighted by Crippen LogP contribution is -2.08. The van der Waals surface area contributed by atoms with Crippen LogP contribution in [0.5, 0.6) is 0 Å². The zero-order valence-electron chi connectivity index (χ0n) is 13.5. The molecule has 1 atom stereocenters. The zero-order chi connectivity index (χ0) is 17.4. The number of nitrogens with two attached hydrogens (primary N) is 1. The third kappa shape index (κ3) is 4.04. The van der Waals surface area contributed by atoms with Crippen LogP contribution in [0, 0.1) is 11.7 Å². The average molecular weight is 436 g/mol. The molecule has 1 aromatic carbocycles. The average Bonchev–Trinajstić information content (AvgIpc) is 3.06. The van der Waals surface area contributed by atoms with Gasteiger partial charge >= 0.3 is 0 Å². The Morgan fingerprint density at radius 1 is 1.36 bits per heavy atom. The summed E-state index contributed by atoms with van der Waals surface area (Å²) < 4.78 is 2.69. The third-order valence-electron chi connectivity index (χ3n) is 3.85. The molecule has 0 aliphatic rings. The van der Waals surface area contributed by atoms with Gasteiger partial charge in [0.15, 0.2) is 9.90 Å². The molecule has 1 unspecified atom stereocenters.